The predicted molar refractivity (Wildman–Crippen MR) is 82.1 cm³/mol. The molecule has 0 aliphatic rings. The second kappa shape index (κ2) is 9.61. The van der Waals surface area contributed by atoms with Crippen LogP contribution in [0.5, 0.6) is 0 Å². The molecule has 116 valence electrons. The first-order chi connectivity index (χ1) is 9.70. The van der Waals surface area contributed by atoms with Crippen molar-refractivity contribution in [1.82, 2.24) is 9.78 Å². The molecule has 20 heavy (non-hydrogen) atoms. The molecule has 0 saturated carbocycles. The molecule has 0 aliphatic carbocycles. The van der Waals surface area contributed by atoms with E-state index in [9.17, 15) is 0 Å². The molecule has 6 heteroatoms. The first-order valence-electron chi connectivity index (χ1n) is 7.34. The van der Waals surface area contributed by atoms with Gasteiger partial charge in [0, 0.05) is 26.8 Å². The molecular formula is C14H28N4O2. The van der Waals surface area contributed by atoms with Gasteiger partial charge in [-0.1, -0.05) is 6.92 Å². The lowest BCUT2D eigenvalue weighted by Gasteiger charge is -2.10. The number of ether oxygens (including phenoxy) is 2. The zero-order valence-corrected chi connectivity index (χ0v) is 12.9. The first-order valence-corrected chi connectivity index (χ1v) is 7.34. The molecule has 0 aliphatic heterocycles. The van der Waals surface area contributed by atoms with Gasteiger partial charge < -0.3 is 20.5 Å². The van der Waals surface area contributed by atoms with Crippen molar-refractivity contribution in [2.75, 3.05) is 44.5 Å². The standard InChI is InChI=1S/C14H28N4O2/c1-4-8-18-14(13(15)12(2)17-18)16-7-5-6-9-20-11-10-19-3/h16H,4-11,15H2,1-3H3. The molecule has 0 radical (unpaired) electrons. The molecule has 0 spiro atoms. The smallest absolute Gasteiger partial charge is 0.148 e. The molecule has 0 amide bonds. The average molecular weight is 284 g/mol. The number of unbranched alkanes of at least 4 members (excludes halogenated alkanes) is 1. The highest BCUT2D eigenvalue weighted by molar-refractivity contribution is 5.64. The van der Waals surface area contributed by atoms with Gasteiger partial charge in [0.05, 0.1) is 24.6 Å². The number of aryl methyl sites for hydroxylation is 2. The minimum atomic E-state index is 0.657. The third-order valence-electron chi connectivity index (χ3n) is 3.05. The van der Waals surface area contributed by atoms with Crippen LogP contribution in [-0.4, -0.2) is 43.3 Å². The largest absolute Gasteiger partial charge is 0.394 e. The van der Waals surface area contributed by atoms with E-state index < -0.39 is 0 Å². The zero-order chi connectivity index (χ0) is 14.8. The molecule has 3 N–H and O–H groups in total. The number of nitrogens with one attached hydrogen (secondary N) is 1. The van der Waals surface area contributed by atoms with Gasteiger partial charge in [-0.05, 0) is 26.2 Å². The topological polar surface area (TPSA) is 74.3 Å². The predicted octanol–water partition coefficient (Wildman–Crippen LogP) is 2.04. The maximum Gasteiger partial charge on any atom is 0.148 e. The first kappa shape index (κ1) is 16.8. The molecule has 1 aromatic rings. The van der Waals surface area contributed by atoms with Crippen molar-refractivity contribution in [3.05, 3.63) is 5.69 Å². The van der Waals surface area contributed by atoms with Crippen molar-refractivity contribution >= 4 is 11.5 Å². The number of hydrogen-bond donors (Lipinski definition) is 2. The average Bonchev–Trinajstić information content (AvgIpc) is 2.69. The van der Waals surface area contributed by atoms with Crippen LogP contribution in [0.4, 0.5) is 11.5 Å². The summed E-state index contributed by atoms with van der Waals surface area (Å²) in [7, 11) is 1.68. The van der Waals surface area contributed by atoms with Crippen LogP contribution in [0, 0.1) is 6.92 Å². The Hall–Kier alpha value is -1.27. The maximum atomic E-state index is 6.05. The van der Waals surface area contributed by atoms with Gasteiger partial charge in [-0.25, -0.2) is 4.68 Å². The van der Waals surface area contributed by atoms with Crippen LogP contribution in [0.3, 0.4) is 0 Å². The van der Waals surface area contributed by atoms with Crippen molar-refractivity contribution < 1.29 is 9.47 Å². The number of hydrogen-bond acceptors (Lipinski definition) is 5. The normalized spacial score (nSPS) is 10.9. The highest BCUT2D eigenvalue weighted by atomic mass is 16.5. The molecule has 6 nitrogen and oxygen atoms in total. The minimum absolute atomic E-state index is 0.657. The summed E-state index contributed by atoms with van der Waals surface area (Å²) in [6.45, 7) is 7.94. The van der Waals surface area contributed by atoms with Gasteiger partial charge in [0.15, 0.2) is 0 Å². The molecule has 1 rings (SSSR count). The zero-order valence-electron chi connectivity index (χ0n) is 12.9. The molecule has 0 aromatic carbocycles. The van der Waals surface area contributed by atoms with Crippen LogP contribution in [0.2, 0.25) is 0 Å². The lowest BCUT2D eigenvalue weighted by Crippen LogP contribution is -2.11. The maximum absolute atomic E-state index is 6.05. The highest BCUT2D eigenvalue weighted by Crippen LogP contribution is 2.22. The number of methoxy groups -OCH3 is 1. The lowest BCUT2D eigenvalue weighted by molar-refractivity contribution is 0.0691. The van der Waals surface area contributed by atoms with Gasteiger partial charge in [0.2, 0.25) is 0 Å². The Morgan fingerprint density at radius 1 is 1.25 bits per heavy atom. The summed E-state index contributed by atoms with van der Waals surface area (Å²) < 4.78 is 12.3. The number of anilines is 2. The molecule has 0 saturated heterocycles. The second-order valence-electron chi connectivity index (χ2n) is 4.81. The van der Waals surface area contributed by atoms with Crippen LogP contribution < -0.4 is 11.1 Å². The van der Waals surface area contributed by atoms with E-state index in [1.54, 1.807) is 7.11 Å². The number of rotatable bonds is 11. The van der Waals surface area contributed by atoms with Crippen molar-refractivity contribution in [3.63, 3.8) is 0 Å². The van der Waals surface area contributed by atoms with Crippen molar-refractivity contribution in [3.8, 4) is 0 Å². The number of nitrogens with two attached hydrogens (primary N) is 1. The summed E-state index contributed by atoms with van der Waals surface area (Å²) in [5.41, 5.74) is 7.70. The van der Waals surface area contributed by atoms with E-state index >= 15 is 0 Å². The quantitative estimate of drug-likeness (QED) is 0.608. The van der Waals surface area contributed by atoms with Crippen molar-refractivity contribution in [2.45, 2.75) is 39.7 Å². The fourth-order valence-corrected chi connectivity index (χ4v) is 1.94. The number of nitrogens with zero attached hydrogens (tertiary/aromatic N) is 2. The van der Waals surface area contributed by atoms with Gasteiger partial charge in [0.1, 0.15) is 5.82 Å². The number of nitrogen functional groups attached to an aromatic ring is 1. The van der Waals surface area contributed by atoms with Crippen LogP contribution in [0.1, 0.15) is 31.9 Å². The van der Waals surface area contributed by atoms with Gasteiger partial charge in [-0.3, -0.25) is 0 Å². The summed E-state index contributed by atoms with van der Waals surface area (Å²) >= 11 is 0. The van der Waals surface area contributed by atoms with Crippen LogP contribution in [0.15, 0.2) is 0 Å². The van der Waals surface area contributed by atoms with E-state index in [1.807, 2.05) is 11.6 Å². The second-order valence-corrected chi connectivity index (χ2v) is 4.81. The summed E-state index contributed by atoms with van der Waals surface area (Å²) in [5.74, 6) is 0.949. The third kappa shape index (κ3) is 5.38. The third-order valence-corrected chi connectivity index (χ3v) is 3.05. The van der Waals surface area contributed by atoms with Crippen molar-refractivity contribution in [1.29, 1.82) is 0 Å². The van der Waals surface area contributed by atoms with Gasteiger partial charge >= 0.3 is 0 Å². The lowest BCUT2D eigenvalue weighted by atomic mass is 10.3. The molecule has 0 unspecified atom stereocenters. The fourth-order valence-electron chi connectivity index (χ4n) is 1.94. The monoisotopic (exact) mass is 284 g/mol. The molecule has 0 atom stereocenters. The van der Waals surface area contributed by atoms with Gasteiger partial charge in [-0.2, -0.15) is 5.10 Å². The van der Waals surface area contributed by atoms with E-state index in [4.69, 9.17) is 15.2 Å². The molecule has 0 fully saturated rings. The summed E-state index contributed by atoms with van der Waals surface area (Å²) in [6, 6.07) is 0. The SMILES string of the molecule is CCCn1nc(C)c(N)c1NCCCCOCCOC. The Morgan fingerprint density at radius 3 is 2.75 bits per heavy atom. The Labute approximate surface area is 121 Å². The minimum Gasteiger partial charge on any atom is -0.394 e. The Kier molecular flexibility index (Phi) is 8.06. The van der Waals surface area contributed by atoms with Crippen molar-refractivity contribution in [2.24, 2.45) is 0 Å². The van der Waals surface area contributed by atoms with Gasteiger partial charge in [0.25, 0.3) is 0 Å². The van der Waals surface area contributed by atoms with E-state index in [-0.39, 0.29) is 0 Å². The fraction of sp³-hybridized carbons (Fsp3) is 0.786. The summed E-state index contributed by atoms with van der Waals surface area (Å²) in [4.78, 5) is 0. The Morgan fingerprint density at radius 2 is 2.05 bits per heavy atom. The summed E-state index contributed by atoms with van der Waals surface area (Å²) in [5, 5.41) is 7.82. The Bertz CT molecular complexity index is 379. The van der Waals surface area contributed by atoms with E-state index in [2.05, 4.69) is 17.3 Å². The van der Waals surface area contributed by atoms with Crippen LogP contribution in [-0.2, 0) is 16.0 Å². The summed E-state index contributed by atoms with van der Waals surface area (Å²) in [6.07, 6.45) is 3.11. The molecular weight excluding hydrogens is 256 g/mol. The van der Waals surface area contributed by atoms with E-state index in [0.717, 1.165) is 56.2 Å². The van der Waals surface area contributed by atoms with E-state index in [1.165, 1.54) is 0 Å². The molecule has 1 heterocycles. The van der Waals surface area contributed by atoms with Crippen LogP contribution >= 0.6 is 0 Å². The van der Waals surface area contributed by atoms with Crippen LogP contribution in [0.25, 0.3) is 0 Å². The Balaban J connectivity index is 2.24. The number of aromatic nitrogens is 2. The van der Waals surface area contributed by atoms with E-state index in [0.29, 0.717) is 13.2 Å². The molecule has 0 bridgehead atoms. The molecule has 1 aromatic heterocycles. The highest BCUT2D eigenvalue weighted by Gasteiger charge is 2.10. The van der Waals surface area contributed by atoms with Gasteiger partial charge in [-0.15, -0.1) is 0 Å².